The van der Waals surface area contributed by atoms with Crippen molar-refractivity contribution in [1.82, 2.24) is 9.88 Å². The number of aromatic nitrogens is 1. The van der Waals surface area contributed by atoms with Gasteiger partial charge in [-0.2, -0.15) is 5.26 Å². The normalized spacial score (nSPS) is 11.0. The third-order valence-electron chi connectivity index (χ3n) is 6.10. The number of non-ortho nitro benzene ring substituents is 1. The smallest absolute Gasteiger partial charge is 0.318 e. The molecule has 40 heavy (non-hydrogen) atoms. The van der Waals surface area contributed by atoms with Crippen molar-refractivity contribution >= 4 is 23.4 Å². The standard InChI is InChI=1S/C29H23N5O6/c1-19-14-22(15-23(17-30)29(35)31-18-21-6-4-3-5-7-21)20(2)32(19)24-8-11-26(12-9-24)40-28-13-10-25(33(36)37)16-27(28)34(38)39/h3-16H,18H2,1-2H3,(H,31,35)/b23-15-. The number of benzene rings is 3. The predicted octanol–water partition coefficient (Wildman–Crippen LogP) is 5.93. The lowest BCUT2D eigenvalue weighted by molar-refractivity contribution is -0.394. The minimum Gasteiger partial charge on any atom is -0.450 e. The molecule has 0 aliphatic heterocycles. The molecule has 200 valence electrons. The molecule has 4 rings (SSSR count). The number of nitro groups is 2. The van der Waals surface area contributed by atoms with E-state index in [1.165, 1.54) is 6.07 Å². The summed E-state index contributed by atoms with van der Waals surface area (Å²) in [6.45, 7) is 4.05. The Morgan fingerprint density at radius 3 is 2.33 bits per heavy atom. The first-order valence-corrected chi connectivity index (χ1v) is 12.0. The van der Waals surface area contributed by atoms with Gasteiger partial charge in [0.1, 0.15) is 17.4 Å². The summed E-state index contributed by atoms with van der Waals surface area (Å²) < 4.78 is 7.58. The summed E-state index contributed by atoms with van der Waals surface area (Å²) in [5.41, 5.74) is 3.06. The van der Waals surface area contributed by atoms with Crippen LogP contribution in [0, 0.1) is 45.4 Å². The Labute approximate surface area is 228 Å². The Kier molecular flexibility index (Phi) is 8.01. The van der Waals surface area contributed by atoms with E-state index in [1.54, 1.807) is 30.3 Å². The van der Waals surface area contributed by atoms with Crippen LogP contribution in [-0.2, 0) is 11.3 Å². The van der Waals surface area contributed by atoms with Gasteiger partial charge in [-0.1, -0.05) is 30.3 Å². The minimum absolute atomic E-state index is 0.0235. The molecule has 0 saturated carbocycles. The zero-order chi connectivity index (χ0) is 28.8. The molecule has 0 atom stereocenters. The fraction of sp³-hybridized carbons (Fsp3) is 0.103. The van der Waals surface area contributed by atoms with Gasteiger partial charge in [0.25, 0.3) is 11.6 Å². The number of nitro benzene ring substituents is 2. The third-order valence-corrected chi connectivity index (χ3v) is 6.10. The van der Waals surface area contributed by atoms with Gasteiger partial charge < -0.3 is 14.6 Å². The number of nitriles is 1. The first kappa shape index (κ1) is 27.3. The van der Waals surface area contributed by atoms with E-state index in [-0.39, 0.29) is 11.3 Å². The molecule has 0 aliphatic carbocycles. The summed E-state index contributed by atoms with van der Waals surface area (Å²) >= 11 is 0. The number of carbonyl (C=O) groups excluding carboxylic acids is 1. The molecule has 11 nitrogen and oxygen atoms in total. The Morgan fingerprint density at radius 1 is 1.00 bits per heavy atom. The Morgan fingerprint density at radius 2 is 1.70 bits per heavy atom. The van der Waals surface area contributed by atoms with Crippen LogP contribution in [0.4, 0.5) is 11.4 Å². The van der Waals surface area contributed by atoms with E-state index in [1.807, 2.05) is 60.9 Å². The lowest BCUT2D eigenvalue weighted by Crippen LogP contribution is -2.23. The van der Waals surface area contributed by atoms with Crippen LogP contribution < -0.4 is 10.1 Å². The SMILES string of the molecule is Cc1cc(/C=C(/C#N)C(=O)NCc2ccccc2)c(C)n1-c1ccc(Oc2ccc([N+](=O)[O-])cc2[N+](=O)[O-])cc1. The molecule has 3 aromatic carbocycles. The molecule has 4 aromatic rings. The summed E-state index contributed by atoms with van der Waals surface area (Å²) in [7, 11) is 0. The van der Waals surface area contributed by atoms with Crippen molar-refractivity contribution in [3.05, 3.63) is 127 Å². The molecule has 1 N–H and O–H groups in total. The lowest BCUT2D eigenvalue weighted by atomic mass is 10.1. The fourth-order valence-electron chi connectivity index (χ4n) is 4.15. The first-order valence-electron chi connectivity index (χ1n) is 12.0. The Hall–Kier alpha value is -5.76. The predicted molar refractivity (Wildman–Crippen MR) is 147 cm³/mol. The third kappa shape index (κ3) is 6.03. The van der Waals surface area contributed by atoms with E-state index in [9.17, 15) is 30.3 Å². The molecule has 0 fully saturated rings. The van der Waals surface area contributed by atoms with Crippen LogP contribution in [0.25, 0.3) is 11.8 Å². The van der Waals surface area contributed by atoms with Gasteiger partial charge in [0.05, 0.1) is 15.9 Å². The highest BCUT2D eigenvalue weighted by molar-refractivity contribution is 6.01. The largest absolute Gasteiger partial charge is 0.450 e. The zero-order valence-corrected chi connectivity index (χ0v) is 21.5. The van der Waals surface area contributed by atoms with Gasteiger partial charge in [-0.15, -0.1) is 0 Å². The Bertz CT molecular complexity index is 1670. The molecule has 1 amide bonds. The average molecular weight is 538 g/mol. The molecule has 0 unspecified atom stereocenters. The molecule has 0 saturated heterocycles. The van der Waals surface area contributed by atoms with Gasteiger partial charge in [-0.05, 0) is 67.4 Å². The van der Waals surface area contributed by atoms with Gasteiger partial charge in [-0.3, -0.25) is 25.0 Å². The maximum Gasteiger partial charge on any atom is 0.318 e. The maximum atomic E-state index is 12.6. The lowest BCUT2D eigenvalue weighted by Gasteiger charge is -2.11. The second kappa shape index (κ2) is 11.7. The molecule has 0 radical (unpaired) electrons. The molecular formula is C29H23N5O6. The number of carbonyl (C=O) groups is 1. The number of nitrogens with zero attached hydrogens (tertiary/aromatic N) is 4. The quantitative estimate of drug-likeness (QED) is 0.120. The van der Waals surface area contributed by atoms with Gasteiger partial charge in [0.2, 0.25) is 5.75 Å². The van der Waals surface area contributed by atoms with Crippen molar-refractivity contribution in [2.75, 3.05) is 0 Å². The highest BCUT2D eigenvalue weighted by atomic mass is 16.6. The molecular weight excluding hydrogens is 514 g/mol. The van der Waals surface area contributed by atoms with Crippen LogP contribution in [0.1, 0.15) is 22.5 Å². The number of hydrogen-bond acceptors (Lipinski definition) is 7. The van der Waals surface area contributed by atoms with Crippen LogP contribution in [0.5, 0.6) is 11.5 Å². The van der Waals surface area contributed by atoms with Gasteiger partial charge in [-0.25, -0.2) is 0 Å². The summed E-state index contributed by atoms with van der Waals surface area (Å²) in [6.07, 6.45) is 1.55. The molecule has 0 aliphatic rings. The average Bonchev–Trinajstić information content (AvgIpc) is 3.23. The maximum absolute atomic E-state index is 12.6. The highest BCUT2D eigenvalue weighted by Crippen LogP contribution is 2.35. The van der Waals surface area contributed by atoms with Gasteiger partial charge in [0.15, 0.2) is 0 Å². The Balaban J connectivity index is 1.54. The van der Waals surface area contributed by atoms with Gasteiger partial charge >= 0.3 is 5.69 Å². The van der Waals surface area contributed by atoms with E-state index in [0.29, 0.717) is 17.9 Å². The van der Waals surface area contributed by atoms with Crippen molar-refractivity contribution in [2.24, 2.45) is 0 Å². The number of nitrogens with one attached hydrogen (secondary N) is 1. The van der Waals surface area contributed by atoms with Crippen molar-refractivity contribution in [1.29, 1.82) is 5.26 Å². The van der Waals surface area contributed by atoms with E-state index in [4.69, 9.17) is 4.74 Å². The van der Waals surface area contributed by atoms with Gasteiger partial charge in [0, 0.05) is 29.7 Å². The topological polar surface area (TPSA) is 153 Å². The zero-order valence-electron chi connectivity index (χ0n) is 21.5. The number of ether oxygens (including phenoxy) is 1. The molecule has 1 aromatic heterocycles. The van der Waals surface area contributed by atoms with Crippen molar-refractivity contribution in [3.63, 3.8) is 0 Å². The molecule has 1 heterocycles. The molecule has 11 heteroatoms. The van der Waals surface area contributed by atoms with E-state index in [2.05, 4.69) is 5.32 Å². The van der Waals surface area contributed by atoms with E-state index >= 15 is 0 Å². The van der Waals surface area contributed by atoms with Crippen LogP contribution >= 0.6 is 0 Å². The summed E-state index contributed by atoms with van der Waals surface area (Å²) in [5.74, 6) is -0.304. The number of rotatable bonds is 9. The van der Waals surface area contributed by atoms with Crippen LogP contribution in [0.3, 0.4) is 0 Å². The number of aryl methyl sites for hydroxylation is 1. The van der Waals surface area contributed by atoms with E-state index < -0.39 is 27.1 Å². The van der Waals surface area contributed by atoms with Crippen LogP contribution in [0.2, 0.25) is 0 Å². The minimum atomic E-state index is -0.740. The molecule has 0 spiro atoms. The number of amides is 1. The van der Waals surface area contributed by atoms with Crippen LogP contribution in [0.15, 0.2) is 84.4 Å². The van der Waals surface area contributed by atoms with E-state index in [0.717, 1.165) is 34.8 Å². The second-order valence-electron chi connectivity index (χ2n) is 8.76. The monoisotopic (exact) mass is 537 g/mol. The highest BCUT2D eigenvalue weighted by Gasteiger charge is 2.21. The van der Waals surface area contributed by atoms with Crippen LogP contribution in [-0.4, -0.2) is 20.3 Å². The second-order valence-corrected chi connectivity index (χ2v) is 8.76. The summed E-state index contributed by atoms with van der Waals surface area (Å²) in [4.78, 5) is 33.5. The van der Waals surface area contributed by atoms with Crippen molar-refractivity contribution < 1.29 is 19.4 Å². The summed E-state index contributed by atoms with van der Waals surface area (Å²) in [5, 5.41) is 34.7. The molecule has 0 bridgehead atoms. The van der Waals surface area contributed by atoms with Crippen molar-refractivity contribution in [3.8, 4) is 23.3 Å². The first-order chi connectivity index (χ1) is 19.2. The number of hydrogen-bond donors (Lipinski definition) is 1. The van der Waals surface area contributed by atoms with Crippen molar-refractivity contribution in [2.45, 2.75) is 20.4 Å². The fourth-order valence-corrected chi connectivity index (χ4v) is 4.15. The summed E-state index contributed by atoms with van der Waals surface area (Å²) in [6, 6.07) is 23.1.